The zero-order valence-corrected chi connectivity index (χ0v) is 17.8. The lowest BCUT2D eigenvalue weighted by molar-refractivity contribution is -0.135. The van der Waals surface area contributed by atoms with Gasteiger partial charge in [0.25, 0.3) is 0 Å². The molecule has 0 heterocycles. The van der Waals surface area contributed by atoms with Crippen LogP contribution in [0.15, 0.2) is 18.2 Å². The van der Waals surface area contributed by atoms with E-state index in [1.807, 2.05) is 25.1 Å². The van der Waals surface area contributed by atoms with E-state index in [1.54, 1.807) is 0 Å². The maximum atomic E-state index is 12.9. The number of amides is 2. The second-order valence-corrected chi connectivity index (χ2v) is 8.71. The molecule has 2 aliphatic carbocycles. The first kappa shape index (κ1) is 20.7. The molecular formula is C23H35N3O2. The second kappa shape index (κ2) is 8.97. The lowest BCUT2D eigenvalue weighted by Crippen LogP contribution is -2.39. The molecule has 1 atom stereocenters. The summed E-state index contributed by atoms with van der Waals surface area (Å²) in [5.41, 5.74) is 3.01. The molecule has 0 aliphatic heterocycles. The van der Waals surface area contributed by atoms with E-state index in [2.05, 4.69) is 36.2 Å². The highest BCUT2D eigenvalue weighted by molar-refractivity contribution is 5.93. The third kappa shape index (κ3) is 4.86. The minimum Gasteiger partial charge on any atom is -0.377 e. The van der Waals surface area contributed by atoms with Crippen LogP contribution in [0, 0.1) is 11.8 Å². The molecule has 5 heteroatoms. The van der Waals surface area contributed by atoms with Gasteiger partial charge in [-0.1, -0.05) is 19.8 Å². The number of rotatable bonds is 8. The predicted octanol–water partition coefficient (Wildman–Crippen LogP) is 4.42. The van der Waals surface area contributed by atoms with Gasteiger partial charge >= 0.3 is 0 Å². The van der Waals surface area contributed by atoms with Gasteiger partial charge in [0.2, 0.25) is 11.8 Å². The van der Waals surface area contributed by atoms with Gasteiger partial charge in [0.1, 0.15) is 0 Å². The number of carbonyl (C=O) groups is 2. The standard InChI is InChI=1S/C23H35N3O2/c1-5-16(2)26(23(28)18-10-11-18)15-19-14-20(12-13-21(19)25(3)4)24-22(27)17-8-6-7-9-17/h12-14,16-18H,5-11,15H2,1-4H3,(H,24,27)/t16-/m1/s1. The molecule has 5 nitrogen and oxygen atoms in total. The Balaban J connectivity index is 1.81. The summed E-state index contributed by atoms with van der Waals surface area (Å²) in [5, 5.41) is 3.11. The number of hydrogen-bond acceptors (Lipinski definition) is 3. The van der Waals surface area contributed by atoms with Gasteiger partial charge in [-0.15, -0.1) is 0 Å². The fourth-order valence-corrected chi connectivity index (χ4v) is 4.08. The third-order valence-corrected chi connectivity index (χ3v) is 6.23. The molecule has 28 heavy (non-hydrogen) atoms. The van der Waals surface area contributed by atoms with Crippen molar-refractivity contribution < 1.29 is 9.59 Å². The summed E-state index contributed by atoms with van der Waals surface area (Å²) in [4.78, 5) is 29.5. The van der Waals surface area contributed by atoms with Crippen LogP contribution in [0.1, 0.15) is 64.4 Å². The number of benzene rings is 1. The molecule has 1 aromatic carbocycles. The monoisotopic (exact) mass is 385 g/mol. The first-order valence-corrected chi connectivity index (χ1v) is 10.8. The number of hydrogen-bond donors (Lipinski definition) is 1. The van der Waals surface area contributed by atoms with Gasteiger partial charge in [0.05, 0.1) is 0 Å². The van der Waals surface area contributed by atoms with Gasteiger partial charge in [-0.2, -0.15) is 0 Å². The van der Waals surface area contributed by atoms with Crippen LogP contribution in [-0.2, 0) is 16.1 Å². The molecular weight excluding hydrogens is 350 g/mol. The highest BCUT2D eigenvalue weighted by Crippen LogP contribution is 2.34. The van der Waals surface area contributed by atoms with Crippen molar-refractivity contribution in [1.82, 2.24) is 4.90 Å². The summed E-state index contributed by atoms with van der Waals surface area (Å²) in [6.07, 6.45) is 7.26. The summed E-state index contributed by atoms with van der Waals surface area (Å²) in [7, 11) is 4.04. The topological polar surface area (TPSA) is 52.7 Å². The Kier molecular flexibility index (Phi) is 6.63. The van der Waals surface area contributed by atoms with Crippen LogP contribution >= 0.6 is 0 Å². The molecule has 2 amide bonds. The van der Waals surface area contributed by atoms with Gasteiger partial charge in [-0.3, -0.25) is 9.59 Å². The Labute approximate surface area is 169 Å². The van der Waals surface area contributed by atoms with Crippen molar-refractivity contribution in [2.75, 3.05) is 24.3 Å². The largest absolute Gasteiger partial charge is 0.377 e. The molecule has 0 bridgehead atoms. The quantitative estimate of drug-likeness (QED) is 0.721. The Morgan fingerprint density at radius 1 is 1.11 bits per heavy atom. The molecule has 0 radical (unpaired) electrons. The van der Waals surface area contributed by atoms with Gasteiger partial charge in [-0.05, 0) is 62.8 Å². The van der Waals surface area contributed by atoms with Gasteiger partial charge in [-0.25, -0.2) is 0 Å². The van der Waals surface area contributed by atoms with Crippen LogP contribution in [0.2, 0.25) is 0 Å². The molecule has 1 N–H and O–H groups in total. The van der Waals surface area contributed by atoms with Crippen molar-refractivity contribution in [2.24, 2.45) is 11.8 Å². The Hall–Kier alpha value is -2.04. The van der Waals surface area contributed by atoms with Gasteiger partial charge < -0.3 is 15.1 Å². The molecule has 0 saturated heterocycles. The molecule has 1 aromatic rings. The first-order chi connectivity index (χ1) is 13.4. The van der Waals surface area contributed by atoms with E-state index in [4.69, 9.17) is 0 Å². The SMILES string of the molecule is CC[C@@H](C)N(Cc1cc(NC(=O)C2CCCC2)ccc1N(C)C)C(=O)C1CC1. The molecule has 2 aliphatic rings. The number of nitrogens with one attached hydrogen (secondary N) is 1. The molecule has 2 saturated carbocycles. The van der Waals surface area contributed by atoms with Crippen LogP contribution in [-0.4, -0.2) is 36.9 Å². The van der Waals surface area contributed by atoms with Gasteiger partial charge in [0, 0.05) is 49.9 Å². The van der Waals surface area contributed by atoms with E-state index >= 15 is 0 Å². The summed E-state index contributed by atoms with van der Waals surface area (Å²) in [6.45, 7) is 4.84. The lowest BCUT2D eigenvalue weighted by atomic mass is 10.1. The maximum absolute atomic E-state index is 12.9. The van der Waals surface area contributed by atoms with Crippen LogP contribution in [0.3, 0.4) is 0 Å². The van der Waals surface area contributed by atoms with Crippen molar-refractivity contribution in [2.45, 2.75) is 71.4 Å². The number of anilines is 2. The minimum absolute atomic E-state index is 0.133. The number of carbonyl (C=O) groups excluding carboxylic acids is 2. The van der Waals surface area contributed by atoms with Crippen LogP contribution in [0.4, 0.5) is 11.4 Å². The van der Waals surface area contributed by atoms with Crippen molar-refractivity contribution >= 4 is 23.2 Å². The van der Waals surface area contributed by atoms with Crippen LogP contribution < -0.4 is 10.2 Å². The highest BCUT2D eigenvalue weighted by atomic mass is 16.2. The summed E-state index contributed by atoms with van der Waals surface area (Å²) in [6, 6.07) is 6.29. The van der Waals surface area contributed by atoms with E-state index < -0.39 is 0 Å². The van der Waals surface area contributed by atoms with Crippen molar-refractivity contribution in [1.29, 1.82) is 0 Å². The summed E-state index contributed by atoms with van der Waals surface area (Å²) < 4.78 is 0. The first-order valence-electron chi connectivity index (χ1n) is 10.8. The smallest absolute Gasteiger partial charge is 0.227 e. The average Bonchev–Trinajstić information content (AvgIpc) is 3.38. The average molecular weight is 386 g/mol. The molecule has 2 fully saturated rings. The van der Waals surface area contributed by atoms with Crippen LogP contribution in [0.25, 0.3) is 0 Å². The van der Waals surface area contributed by atoms with E-state index in [0.717, 1.165) is 61.9 Å². The van der Waals surface area contributed by atoms with Crippen molar-refractivity contribution in [3.63, 3.8) is 0 Å². The fraction of sp³-hybridized carbons (Fsp3) is 0.652. The summed E-state index contributed by atoms with van der Waals surface area (Å²) >= 11 is 0. The molecule has 0 unspecified atom stereocenters. The van der Waals surface area contributed by atoms with E-state index in [1.165, 1.54) is 0 Å². The normalized spacial score (nSPS) is 18.0. The molecule has 3 rings (SSSR count). The predicted molar refractivity (Wildman–Crippen MR) is 114 cm³/mol. The second-order valence-electron chi connectivity index (χ2n) is 8.71. The van der Waals surface area contributed by atoms with E-state index in [0.29, 0.717) is 6.54 Å². The zero-order chi connectivity index (χ0) is 20.3. The molecule has 0 aromatic heterocycles. The molecule has 0 spiro atoms. The van der Waals surface area contributed by atoms with Crippen LogP contribution in [0.5, 0.6) is 0 Å². The van der Waals surface area contributed by atoms with E-state index in [-0.39, 0.29) is 29.7 Å². The molecule has 154 valence electrons. The lowest BCUT2D eigenvalue weighted by Gasteiger charge is -2.31. The number of nitrogens with zero attached hydrogens (tertiary/aromatic N) is 2. The zero-order valence-electron chi connectivity index (χ0n) is 17.8. The van der Waals surface area contributed by atoms with Crippen molar-refractivity contribution in [3.05, 3.63) is 23.8 Å². The fourth-order valence-electron chi connectivity index (χ4n) is 4.08. The Bertz CT molecular complexity index is 706. The maximum Gasteiger partial charge on any atom is 0.227 e. The Morgan fingerprint density at radius 3 is 2.36 bits per heavy atom. The van der Waals surface area contributed by atoms with E-state index in [9.17, 15) is 9.59 Å². The van der Waals surface area contributed by atoms with Gasteiger partial charge in [0.15, 0.2) is 0 Å². The van der Waals surface area contributed by atoms with Crippen molar-refractivity contribution in [3.8, 4) is 0 Å². The highest BCUT2D eigenvalue weighted by Gasteiger charge is 2.35. The summed E-state index contributed by atoms with van der Waals surface area (Å²) in [5.74, 6) is 0.764. The Morgan fingerprint density at radius 2 is 1.79 bits per heavy atom. The minimum atomic E-state index is 0.133. The third-order valence-electron chi connectivity index (χ3n) is 6.23.